The van der Waals surface area contributed by atoms with Gasteiger partial charge in [0.2, 0.25) is 0 Å². The van der Waals surface area contributed by atoms with Crippen LogP contribution < -0.4 is 10.6 Å². The van der Waals surface area contributed by atoms with Crippen molar-refractivity contribution in [3.05, 3.63) is 66.1 Å². The van der Waals surface area contributed by atoms with Crippen molar-refractivity contribution in [2.45, 2.75) is 39.5 Å². The zero-order valence-corrected chi connectivity index (χ0v) is 26.1. The van der Waals surface area contributed by atoms with Crippen molar-refractivity contribution in [3.8, 4) is 11.3 Å². The number of hydrogen-bond acceptors (Lipinski definition) is 7. The van der Waals surface area contributed by atoms with E-state index in [0.717, 1.165) is 48.8 Å². The van der Waals surface area contributed by atoms with E-state index in [4.69, 9.17) is 9.51 Å². The fourth-order valence-electron chi connectivity index (χ4n) is 5.15. The van der Waals surface area contributed by atoms with Gasteiger partial charge < -0.3 is 19.6 Å². The summed E-state index contributed by atoms with van der Waals surface area (Å²) in [7, 11) is 0. The van der Waals surface area contributed by atoms with E-state index in [2.05, 4.69) is 61.3 Å². The molecule has 42 heavy (non-hydrogen) atoms. The number of likely N-dealkylation sites (N-methyl/N-ethyl adjacent to an activating group) is 1. The molecule has 2 aromatic carbocycles. The molecule has 2 N–H and O–H groups in total. The van der Waals surface area contributed by atoms with E-state index in [1.807, 2.05) is 45.0 Å². The Morgan fingerprint density at radius 3 is 2.43 bits per heavy atom. The molecule has 0 aliphatic carbocycles. The van der Waals surface area contributed by atoms with Crippen molar-refractivity contribution >= 4 is 56.5 Å². The summed E-state index contributed by atoms with van der Waals surface area (Å²) in [5.74, 6) is 1.09. The van der Waals surface area contributed by atoms with Gasteiger partial charge in [0.15, 0.2) is 10.8 Å². The average Bonchev–Trinajstić information content (AvgIpc) is 3.68. The molecule has 6 rings (SSSR count). The van der Waals surface area contributed by atoms with Crippen LogP contribution in [-0.4, -0.2) is 69.6 Å². The second kappa shape index (κ2) is 12.4. The minimum Gasteiger partial charge on any atom is -0.359 e. The summed E-state index contributed by atoms with van der Waals surface area (Å²) in [5.41, 5.74) is 4.96. The van der Waals surface area contributed by atoms with Crippen molar-refractivity contribution in [3.63, 3.8) is 0 Å². The molecule has 0 atom stereocenters. The third-order valence-electron chi connectivity index (χ3n) is 7.72. The number of hydrogen-bond donors (Lipinski definition) is 2. The molecule has 0 spiro atoms. The zero-order valence-electron chi connectivity index (χ0n) is 24.5. The molecule has 1 fully saturated rings. The van der Waals surface area contributed by atoms with Gasteiger partial charge in [-0.05, 0) is 42.8 Å². The summed E-state index contributed by atoms with van der Waals surface area (Å²) >= 11 is 1.71. The van der Waals surface area contributed by atoms with Gasteiger partial charge in [0.25, 0.3) is 0 Å². The Morgan fingerprint density at radius 1 is 1.00 bits per heavy atom. The first-order chi connectivity index (χ1) is 19.7. The first-order valence-electron chi connectivity index (χ1n) is 14.3. The highest BCUT2D eigenvalue weighted by atomic mass is 35.5. The summed E-state index contributed by atoms with van der Waals surface area (Å²) in [4.78, 5) is 23.4. The Morgan fingerprint density at radius 2 is 1.74 bits per heavy atom. The van der Waals surface area contributed by atoms with Crippen molar-refractivity contribution in [1.82, 2.24) is 24.3 Å². The number of anilines is 2. The van der Waals surface area contributed by atoms with E-state index < -0.39 is 0 Å². The number of carbonyl (C=O) groups excluding carboxylic acids is 1. The van der Waals surface area contributed by atoms with Crippen molar-refractivity contribution < 1.29 is 9.32 Å². The van der Waals surface area contributed by atoms with Gasteiger partial charge in [-0.3, -0.25) is 9.72 Å². The molecular weight excluding hydrogens is 570 g/mol. The van der Waals surface area contributed by atoms with E-state index in [1.165, 1.54) is 28.9 Å². The van der Waals surface area contributed by atoms with Gasteiger partial charge in [0.1, 0.15) is 5.76 Å². The number of urea groups is 1. The van der Waals surface area contributed by atoms with E-state index >= 15 is 0 Å². The van der Waals surface area contributed by atoms with Crippen molar-refractivity contribution in [2.24, 2.45) is 0 Å². The number of thiazole rings is 1. The molecule has 1 aliphatic rings. The van der Waals surface area contributed by atoms with Gasteiger partial charge in [-0.1, -0.05) is 62.4 Å². The van der Waals surface area contributed by atoms with E-state index in [0.29, 0.717) is 17.3 Å². The Kier molecular flexibility index (Phi) is 8.89. The van der Waals surface area contributed by atoms with E-state index in [9.17, 15) is 4.79 Å². The van der Waals surface area contributed by atoms with Crippen LogP contribution in [0.25, 0.3) is 26.4 Å². The average molecular weight is 608 g/mol. The molecule has 1 aliphatic heterocycles. The van der Waals surface area contributed by atoms with Gasteiger partial charge in [-0.15, -0.1) is 12.4 Å². The molecule has 0 bridgehead atoms. The maximum atomic E-state index is 12.5. The number of carbonyl (C=O) groups is 1. The summed E-state index contributed by atoms with van der Waals surface area (Å²) in [6, 6.07) is 15.9. The number of amides is 2. The highest BCUT2D eigenvalue weighted by Crippen LogP contribution is 2.31. The molecule has 0 radical (unpaired) electrons. The first kappa shape index (κ1) is 30.0. The number of benzene rings is 2. The minimum absolute atomic E-state index is 0. The summed E-state index contributed by atoms with van der Waals surface area (Å²) in [6.45, 7) is 15.2. The minimum atomic E-state index is -0.375. The van der Waals surface area contributed by atoms with Gasteiger partial charge in [-0.25, -0.2) is 9.78 Å². The zero-order chi connectivity index (χ0) is 28.6. The van der Waals surface area contributed by atoms with Crippen LogP contribution >= 0.6 is 23.7 Å². The number of fused-ring (bicyclic) bond motifs is 3. The predicted molar refractivity (Wildman–Crippen MR) is 173 cm³/mol. The topological polar surface area (TPSA) is 90.9 Å². The largest absolute Gasteiger partial charge is 0.359 e. The lowest BCUT2D eigenvalue weighted by atomic mass is 9.93. The maximum absolute atomic E-state index is 12.5. The molecule has 11 heteroatoms. The van der Waals surface area contributed by atoms with Gasteiger partial charge in [0, 0.05) is 61.7 Å². The predicted octanol–water partition coefficient (Wildman–Crippen LogP) is 6.75. The Labute approximate surface area is 256 Å². The standard InChI is InChI=1S/C31H37N7O2S.ClH/c1-5-36-14-16-37(17-15-36)13-12-21-6-11-26-25(18-21)38-20-24(33-30(38)41-26)22-7-9-23(10-8-22)32-29(39)34-28-19-27(40-35-28)31(2,3)4;/h6-11,18-20H,5,12-17H2,1-4H3,(H2,32,34,35,39);1H. The highest BCUT2D eigenvalue weighted by molar-refractivity contribution is 7.23. The summed E-state index contributed by atoms with van der Waals surface area (Å²) < 4.78 is 8.78. The lowest BCUT2D eigenvalue weighted by Gasteiger charge is -2.34. The molecule has 1 saturated heterocycles. The highest BCUT2D eigenvalue weighted by Gasteiger charge is 2.20. The number of nitrogens with zero attached hydrogens (tertiary/aromatic N) is 5. The third kappa shape index (κ3) is 6.62. The molecule has 0 saturated carbocycles. The van der Waals surface area contributed by atoms with Gasteiger partial charge in [0.05, 0.1) is 15.9 Å². The van der Waals surface area contributed by atoms with E-state index in [-0.39, 0.29) is 23.9 Å². The molecule has 3 aromatic heterocycles. The molecule has 222 valence electrons. The quantitative estimate of drug-likeness (QED) is 0.213. The molecule has 2 amide bonds. The van der Waals surface area contributed by atoms with Crippen LogP contribution in [0, 0.1) is 0 Å². The van der Waals surface area contributed by atoms with Gasteiger partial charge >= 0.3 is 6.03 Å². The fourth-order valence-corrected chi connectivity index (χ4v) is 6.13. The van der Waals surface area contributed by atoms with Crippen molar-refractivity contribution in [1.29, 1.82) is 0 Å². The lowest BCUT2D eigenvalue weighted by Crippen LogP contribution is -2.46. The summed E-state index contributed by atoms with van der Waals surface area (Å²) in [5, 5.41) is 9.51. The normalized spacial score (nSPS) is 14.8. The Bertz CT molecular complexity index is 1660. The number of nitrogens with one attached hydrogen (secondary N) is 2. The second-order valence-electron chi connectivity index (χ2n) is 11.7. The number of piperazine rings is 1. The van der Waals surface area contributed by atoms with E-state index in [1.54, 1.807) is 17.4 Å². The third-order valence-corrected chi connectivity index (χ3v) is 8.75. The number of aromatic nitrogens is 3. The molecule has 4 heterocycles. The first-order valence-corrected chi connectivity index (χ1v) is 15.1. The lowest BCUT2D eigenvalue weighted by molar-refractivity contribution is 0.138. The smallest absolute Gasteiger partial charge is 0.324 e. The van der Waals surface area contributed by atoms with Crippen LogP contribution in [0.2, 0.25) is 0 Å². The fraction of sp³-hybridized carbons (Fsp3) is 0.387. The number of rotatable bonds is 7. The Balaban J connectivity index is 0.00000353. The van der Waals surface area contributed by atoms with Gasteiger partial charge in [-0.2, -0.15) is 0 Å². The van der Waals surface area contributed by atoms with Crippen molar-refractivity contribution in [2.75, 3.05) is 49.9 Å². The SMILES string of the molecule is CCN1CCN(CCc2ccc3sc4nc(-c5ccc(NC(=O)Nc6cc(C(C)(C)C)on6)cc5)cn4c3c2)CC1.Cl. The van der Waals surface area contributed by atoms with Crippen LogP contribution in [0.5, 0.6) is 0 Å². The Hall–Kier alpha value is -3.44. The molecule has 0 unspecified atom stereocenters. The van der Waals surface area contributed by atoms with Crippen LogP contribution in [0.15, 0.2) is 59.3 Å². The molecule has 5 aromatic rings. The monoisotopic (exact) mass is 607 g/mol. The summed E-state index contributed by atoms with van der Waals surface area (Å²) in [6.07, 6.45) is 3.16. The number of halogens is 1. The van der Waals surface area contributed by atoms with Crippen LogP contribution in [0.3, 0.4) is 0 Å². The van der Waals surface area contributed by atoms with Crippen LogP contribution in [0.4, 0.5) is 16.3 Å². The molecule has 9 nitrogen and oxygen atoms in total. The second-order valence-corrected chi connectivity index (χ2v) is 12.7. The molecular formula is C31H38ClN7O2S. The number of imidazole rings is 1. The van der Waals surface area contributed by atoms with Crippen LogP contribution in [-0.2, 0) is 11.8 Å². The van der Waals surface area contributed by atoms with Crippen LogP contribution in [0.1, 0.15) is 39.0 Å². The maximum Gasteiger partial charge on any atom is 0.324 e.